The van der Waals surface area contributed by atoms with Crippen LogP contribution in [0.3, 0.4) is 0 Å². The predicted molar refractivity (Wildman–Crippen MR) is 65.5 cm³/mol. The first-order valence-corrected chi connectivity index (χ1v) is 6.81. The van der Waals surface area contributed by atoms with E-state index in [2.05, 4.69) is 10.3 Å². The standard InChI is InChI=1S/C11H20N2OS/c1-14-7-3-6-12-11-13-10-5-2-4-9(10)8-15-11/h9-10H,2-8H2,1H3,(H,12,13). The average Bonchev–Trinajstić information content (AvgIpc) is 2.71. The highest BCUT2D eigenvalue weighted by Crippen LogP contribution is 2.32. The van der Waals surface area contributed by atoms with Gasteiger partial charge in [-0.1, -0.05) is 18.2 Å². The molecular weight excluding hydrogens is 208 g/mol. The molecule has 0 bridgehead atoms. The van der Waals surface area contributed by atoms with Crippen LogP contribution in [0.15, 0.2) is 4.99 Å². The van der Waals surface area contributed by atoms with Crippen molar-refractivity contribution >= 4 is 16.9 Å². The van der Waals surface area contributed by atoms with E-state index in [0.29, 0.717) is 6.04 Å². The van der Waals surface area contributed by atoms with Gasteiger partial charge in [0.1, 0.15) is 0 Å². The Balaban J connectivity index is 1.74. The fourth-order valence-corrected chi connectivity index (χ4v) is 3.48. The molecule has 15 heavy (non-hydrogen) atoms. The molecule has 1 saturated heterocycles. The Bertz CT molecular complexity index is 233. The summed E-state index contributed by atoms with van der Waals surface area (Å²) in [4.78, 5) is 4.57. The summed E-state index contributed by atoms with van der Waals surface area (Å²) >= 11 is 1.90. The van der Waals surface area contributed by atoms with Gasteiger partial charge in [-0.3, -0.25) is 4.99 Å². The van der Waals surface area contributed by atoms with Crippen molar-refractivity contribution in [2.24, 2.45) is 10.9 Å². The highest BCUT2D eigenvalue weighted by molar-refractivity contribution is 8.13. The van der Waals surface area contributed by atoms with Gasteiger partial charge in [0.05, 0.1) is 0 Å². The fourth-order valence-electron chi connectivity index (χ4n) is 2.29. The summed E-state index contributed by atoms with van der Waals surface area (Å²) in [5.41, 5.74) is 0. The van der Waals surface area contributed by atoms with E-state index < -0.39 is 0 Å². The van der Waals surface area contributed by atoms with Gasteiger partial charge in [0.25, 0.3) is 0 Å². The Kier molecular flexibility index (Phi) is 4.32. The smallest absolute Gasteiger partial charge is 0.156 e. The summed E-state index contributed by atoms with van der Waals surface area (Å²) in [7, 11) is 1.74. The van der Waals surface area contributed by atoms with E-state index in [4.69, 9.17) is 4.74 Å². The largest absolute Gasteiger partial charge is 0.385 e. The number of hydrogen-bond donors (Lipinski definition) is 1. The van der Waals surface area contributed by atoms with Crippen molar-refractivity contribution < 1.29 is 4.74 Å². The van der Waals surface area contributed by atoms with Crippen LogP contribution in [-0.2, 0) is 4.74 Å². The zero-order valence-electron chi connectivity index (χ0n) is 9.37. The van der Waals surface area contributed by atoms with Gasteiger partial charge in [-0.05, 0) is 25.2 Å². The second-order valence-corrected chi connectivity index (χ2v) is 5.29. The van der Waals surface area contributed by atoms with E-state index >= 15 is 0 Å². The lowest BCUT2D eigenvalue weighted by Crippen LogP contribution is -2.41. The van der Waals surface area contributed by atoms with Crippen molar-refractivity contribution in [2.75, 3.05) is 26.0 Å². The molecule has 1 N–H and O–H groups in total. The summed E-state index contributed by atoms with van der Waals surface area (Å²) < 4.78 is 5.00. The first kappa shape index (κ1) is 11.3. The maximum atomic E-state index is 5.00. The summed E-state index contributed by atoms with van der Waals surface area (Å²) in [6.45, 7) is 1.70. The maximum Gasteiger partial charge on any atom is 0.156 e. The van der Waals surface area contributed by atoms with Gasteiger partial charge in [0.2, 0.25) is 0 Å². The molecule has 1 aliphatic heterocycles. The first-order valence-electron chi connectivity index (χ1n) is 5.83. The third-order valence-electron chi connectivity index (χ3n) is 3.16. The molecular formula is C11H20N2OS. The van der Waals surface area contributed by atoms with Gasteiger partial charge in [0, 0.05) is 32.1 Å². The highest BCUT2D eigenvalue weighted by atomic mass is 32.2. The van der Waals surface area contributed by atoms with Gasteiger partial charge in [-0.15, -0.1) is 0 Å². The molecule has 0 radical (unpaired) electrons. The number of fused-ring (bicyclic) bond motifs is 1. The quantitative estimate of drug-likeness (QED) is 0.746. The second kappa shape index (κ2) is 5.75. The van der Waals surface area contributed by atoms with Gasteiger partial charge >= 0.3 is 0 Å². The van der Waals surface area contributed by atoms with Crippen LogP contribution in [0.25, 0.3) is 0 Å². The minimum Gasteiger partial charge on any atom is -0.385 e. The van der Waals surface area contributed by atoms with Gasteiger partial charge in [-0.2, -0.15) is 0 Å². The lowest BCUT2D eigenvalue weighted by molar-refractivity contribution is 0.197. The molecule has 1 saturated carbocycles. The van der Waals surface area contributed by atoms with Crippen LogP contribution in [0.2, 0.25) is 0 Å². The molecule has 2 atom stereocenters. The molecule has 2 unspecified atom stereocenters. The zero-order valence-corrected chi connectivity index (χ0v) is 10.2. The van der Waals surface area contributed by atoms with E-state index in [1.165, 1.54) is 25.0 Å². The molecule has 0 aromatic rings. The van der Waals surface area contributed by atoms with E-state index in [1.807, 2.05) is 11.8 Å². The van der Waals surface area contributed by atoms with Crippen LogP contribution < -0.4 is 5.32 Å². The molecule has 2 rings (SSSR count). The Labute approximate surface area is 96.1 Å². The number of rotatable bonds is 4. The molecule has 0 spiro atoms. The van der Waals surface area contributed by atoms with E-state index in [9.17, 15) is 0 Å². The fraction of sp³-hybridized carbons (Fsp3) is 0.909. The molecule has 3 nitrogen and oxygen atoms in total. The topological polar surface area (TPSA) is 33.6 Å². The van der Waals surface area contributed by atoms with Crippen LogP contribution in [0.5, 0.6) is 0 Å². The first-order chi connectivity index (χ1) is 7.40. The second-order valence-electron chi connectivity index (χ2n) is 4.29. The van der Waals surface area contributed by atoms with Crippen molar-refractivity contribution in [1.29, 1.82) is 0 Å². The number of amidine groups is 1. The van der Waals surface area contributed by atoms with Crippen LogP contribution in [0.4, 0.5) is 0 Å². The molecule has 1 heterocycles. The number of nitrogens with zero attached hydrogens (tertiary/aromatic N) is 1. The Morgan fingerprint density at radius 1 is 1.53 bits per heavy atom. The Morgan fingerprint density at radius 3 is 3.33 bits per heavy atom. The number of nitrogens with one attached hydrogen (secondary N) is 1. The summed E-state index contributed by atoms with van der Waals surface area (Å²) in [5.74, 6) is 2.16. The van der Waals surface area contributed by atoms with Crippen molar-refractivity contribution in [3.05, 3.63) is 0 Å². The predicted octanol–water partition coefficient (Wildman–Crippen LogP) is 1.88. The molecule has 2 fully saturated rings. The molecule has 0 aromatic carbocycles. The third-order valence-corrected chi connectivity index (χ3v) is 4.28. The molecule has 0 aromatic heterocycles. The van der Waals surface area contributed by atoms with E-state index in [-0.39, 0.29) is 0 Å². The molecule has 0 amide bonds. The monoisotopic (exact) mass is 228 g/mol. The average molecular weight is 228 g/mol. The molecule has 2 aliphatic rings. The van der Waals surface area contributed by atoms with E-state index in [1.54, 1.807) is 7.11 Å². The van der Waals surface area contributed by atoms with E-state index in [0.717, 1.165) is 30.7 Å². The summed E-state index contributed by atoms with van der Waals surface area (Å²) in [5, 5.41) is 4.73. The number of methoxy groups -OCH3 is 1. The van der Waals surface area contributed by atoms with Crippen LogP contribution in [-0.4, -0.2) is 37.2 Å². The Hall–Kier alpha value is -0.220. The lowest BCUT2D eigenvalue weighted by atomic mass is 10.1. The lowest BCUT2D eigenvalue weighted by Gasteiger charge is -2.28. The normalized spacial score (nSPS) is 32.7. The van der Waals surface area contributed by atoms with Crippen molar-refractivity contribution in [2.45, 2.75) is 31.7 Å². The van der Waals surface area contributed by atoms with Gasteiger partial charge < -0.3 is 10.1 Å². The number of thioether (sulfide) groups is 1. The maximum absolute atomic E-state index is 5.00. The minimum absolute atomic E-state index is 0.715. The minimum atomic E-state index is 0.715. The third kappa shape index (κ3) is 3.11. The van der Waals surface area contributed by atoms with Crippen molar-refractivity contribution in [3.8, 4) is 0 Å². The number of aliphatic imine (C=N–C) groups is 1. The van der Waals surface area contributed by atoms with Crippen LogP contribution in [0.1, 0.15) is 25.7 Å². The zero-order chi connectivity index (χ0) is 10.5. The highest BCUT2D eigenvalue weighted by Gasteiger charge is 2.31. The summed E-state index contributed by atoms with van der Waals surface area (Å²) in [6, 6.07) is 0.715. The van der Waals surface area contributed by atoms with Crippen molar-refractivity contribution in [1.82, 2.24) is 5.32 Å². The molecule has 86 valence electrons. The number of ether oxygens (including phenoxy) is 1. The van der Waals surface area contributed by atoms with Crippen LogP contribution in [0, 0.1) is 5.92 Å². The van der Waals surface area contributed by atoms with Crippen LogP contribution >= 0.6 is 11.8 Å². The van der Waals surface area contributed by atoms with Gasteiger partial charge in [-0.25, -0.2) is 0 Å². The molecule has 4 heteroatoms. The summed E-state index contributed by atoms with van der Waals surface area (Å²) in [6.07, 6.45) is 5.15. The number of hydrogen-bond acceptors (Lipinski definition) is 3. The van der Waals surface area contributed by atoms with Gasteiger partial charge in [0.15, 0.2) is 5.17 Å². The Morgan fingerprint density at radius 2 is 2.47 bits per heavy atom. The van der Waals surface area contributed by atoms with Crippen molar-refractivity contribution in [3.63, 3.8) is 0 Å². The molecule has 1 aliphatic carbocycles. The SMILES string of the molecule is COCCCN=C1NC2CCCC2CS1.